The number of fused-ring (bicyclic) bond motifs is 1. The van der Waals surface area contributed by atoms with Crippen LogP contribution in [-0.2, 0) is 13.2 Å². The van der Waals surface area contributed by atoms with Gasteiger partial charge in [0, 0.05) is 13.1 Å². The minimum absolute atomic E-state index is 0.309. The molecule has 0 amide bonds. The Hall–Kier alpha value is -2.10. The number of alkyl halides is 3. The molecule has 0 radical (unpaired) electrons. The lowest BCUT2D eigenvalue weighted by Crippen LogP contribution is -2.12. The molecule has 0 saturated heterocycles. The summed E-state index contributed by atoms with van der Waals surface area (Å²) < 4.78 is 65.3. The molecular weight excluding hydrogens is 255 g/mol. The average molecular weight is 260 g/mol. The standard InChI is InChI=1S/C11H5F5N2/c1-3-5-6(12)4-7-9(8(5)13)17-10(18(7)2)11(14,15)16/h1,4H,2H3. The molecule has 0 N–H and O–H groups in total. The van der Waals surface area contributed by atoms with Crippen LogP contribution in [0.5, 0.6) is 0 Å². The van der Waals surface area contributed by atoms with Crippen molar-refractivity contribution in [3.05, 3.63) is 29.1 Å². The number of terminal acetylenes is 1. The maximum Gasteiger partial charge on any atom is 0.449 e. The van der Waals surface area contributed by atoms with Gasteiger partial charge in [-0.15, -0.1) is 6.42 Å². The first kappa shape index (κ1) is 12.4. The molecule has 0 aliphatic heterocycles. The highest BCUT2D eigenvalue weighted by Gasteiger charge is 2.37. The van der Waals surface area contributed by atoms with Crippen molar-refractivity contribution in [2.45, 2.75) is 6.18 Å². The lowest BCUT2D eigenvalue weighted by Gasteiger charge is -2.05. The highest BCUT2D eigenvalue weighted by Crippen LogP contribution is 2.32. The Morgan fingerprint density at radius 3 is 2.44 bits per heavy atom. The highest BCUT2D eigenvalue weighted by atomic mass is 19.4. The topological polar surface area (TPSA) is 17.8 Å². The smallest absolute Gasteiger partial charge is 0.323 e. The minimum Gasteiger partial charge on any atom is -0.323 e. The third-order valence-corrected chi connectivity index (χ3v) is 2.47. The van der Waals surface area contributed by atoms with Crippen LogP contribution in [0.15, 0.2) is 6.07 Å². The summed E-state index contributed by atoms with van der Waals surface area (Å²) in [5.74, 6) is -1.94. The van der Waals surface area contributed by atoms with E-state index in [1.54, 1.807) is 5.92 Å². The van der Waals surface area contributed by atoms with Crippen LogP contribution in [0.1, 0.15) is 11.4 Å². The van der Waals surface area contributed by atoms with Gasteiger partial charge < -0.3 is 4.57 Å². The number of hydrogen-bond donors (Lipinski definition) is 0. The van der Waals surface area contributed by atoms with Gasteiger partial charge in [-0.1, -0.05) is 5.92 Å². The van der Waals surface area contributed by atoms with E-state index < -0.39 is 34.7 Å². The number of hydrogen-bond acceptors (Lipinski definition) is 1. The summed E-state index contributed by atoms with van der Waals surface area (Å²) in [6, 6.07) is 0.732. The van der Waals surface area contributed by atoms with Crippen LogP contribution >= 0.6 is 0 Å². The predicted molar refractivity (Wildman–Crippen MR) is 53.6 cm³/mol. The molecule has 0 saturated carbocycles. The monoisotopic (exact) mass is 260 g/mol. The average Bonchev–Trinajstić information content (AvgIpc) is 2.57. The van der Waals surface area contributed by atoms with Gasteiger partial charge in [0.15, 0.2) is 5.82 Å². The molecular formula is C11H5F5N2. The molecule has 1 aromatic carbocycles. The minimum atomic E-state index is -4.76. The summed E-state index contributed by atoms with van der Waals surface area (Å²) in [6.45, 7) is 0. The summed E-state index contributed by atoms with van der Waals surface area (Å²) in [5, 5.41) is 0. The van der Waals surface area contributed by atoms with E-state index in [1.165, 1.54) is 0 Å². The van der Waals surface area contributed by atoms with Gasteiger partial charge in [-0.2, -0.15) is 13.2 Å². The molecule has 0 atom stereocenters. The second kappa shape index (κ2) is 3.70. The molecule has 7 heteroatoms. The molecule has 0 aliphatic rings. The van der Waals surface area contributed by atoms with Gasteiger partial charge in [-0.25, -0.2) is 13.8 Å². The van der Waals surface area contributed by atoms with Crippen molar-refractivity contribution in [2.24, 2.45) is 7.05 Å². The fourth-order valence-electron chi connectivity index (χ4n) is 1.64. The highest BCUT2D eigenvalue weighted by molar-refractivity contribution is 5.79. The van der Waals surface area contributed by atoms with Crippen LogP contribution in [-0.4, -0.2) is 9.55 Å². The largest absolute Gasteiger partial charge is 0.449 e. The van der Waals surface area contributed by atoms with Gasteiger partial charge in [-0.05, 0) is 0 Å². The van der Waals surface area contributed by atoms with Crippen LogP contribution in [0, 0.1) is 24.0 Å². The summed E-state index contributed by atoms with van der Waals surface area (Å²) in [7, 11) is 1.02. The first-order valence-electron chi connectivity index (χ1n) is 4.65. The third kappa shape index (κ3) is 1.61. The number of halogens is 5. The van der Waals surface area contributed by atoms with Crippen molar-refractivity contribution < 1.29 is 22.0 Å². The first-order valence-corrected chi connectivity index (χ1v) is 4.65. The van der Waals surface area contributed by atoms with Crippen LogP contribution in [0.25, 0.3) is 11.0 Å². The molecule has 0 aliphatic carbocycles. The van der Waals surface area contributed by atoms with Crippen molar-refractivity contribution in [3.8, 4) is 12.3 Å². The molecule has 0 spiro atoms. The lowest BCUT2D eigenvalue weighted by molar-refractivity contribution is -0.146. The van der Waals surface area contributed by atoms with Crippen molar-refractivity contribution in [3.63, 3.8) is 0 Å². The summed E-state index contributed by atoms with van der Waals surface area (Å²) in [6.07, 6.45) is 0.129. The zero-order valence-electron chi connectivity index (χ0n) is 8.94. The van der Waals surface area contributed by atoms with E-state index in [1.807, 2.05) is 0 Å². The number of rotatable bonds is 0. The summed E-state index contributed by atoms with van der Waals surface area (Å²) in [5.41, 5.74) is -1.63. The Morgan fingerprint density at radius 1 is 1.33 bits per heavy atom. The maximum atomic E-state index is 13.7. The Kier molecular flexibility index (Phi) is 2.54. The quantitative estimate of drug-likeness (QED) is 0.526. The molecule has 2 rings (SSSR count). The van der Waals surface area contributed by atoms with Crippen molar-refractivity contribution in [1.29, 1.82) is 0 Å². The van der Waals surface area contributed by atoms with Crippen molar-refractivity contribution in [2.75, 3.05) is 0 Å². The van der Waals surface area contributed by atoms with Crippen molar-refractivity contribution in [1.82, 2.24) is 9.55 Å². The molecule has 18 heavy (non-hydrogen) atoms. The van der Waals surface area contributed by atoms with Crippen LogP contribution in [0.3, 0.4) is 0 Å². The fraction of sp³-hybridized carbons (Fsp3) is 0.182. The summed E-state index contributed by atoms with van der Waals surface area (Å²) >= 11 is 0. The van der Waals surface area contributed by atoms with E-state index in [9.17, 15) is 22.0 Å². The molecule has 94 valence electrons. The number of imidazole rings is 1. The Labute approximate surface area is 98.0 Å². The van der Waals surface area contributed by atoms with E-state index in [-0.39, 0.29) is 5.52 Å². The second-order valence-corrected chi connectivity index (χ2v) is 3.55. The molecule has 1 aromatic heterocycles. The Morgan fingerprint density at radius 2 is 1.94 bits per heavy atom. The van der Waals surface area contributed by atoms with Crippen LogP contribution < -0.4 is 0 Å². The van der Waals surface area contributed by atoms with Crippen molar-refractivity contribution >= 4 is 11.0 Å². The first-order chi connectivity index (χ1) is 8.27. The second-order valence-electron chi connectivity index (χ2n) is 3.55. The van der Waals surface area contributed by atoms with Crippen LogP contribution in [0.2, 0.25) is 0 Å². The maximum absolute atomic E-state index is 13.7. The molecule has 1 heterocycles. The number of nitrogens with zero attached hydrogens (tertiary/aromatic N) is 2. The van der Waals surface area contributed by atoms with Gasteiger partial charge in [0.05, 0.1) is 11.1 Å². The normalized spacial score (nSPS) is 11.8. The molecule has 2 nitrogen and oxygen atoms in total. The molecule has 0 unspecified atom stereocenters. The van der Waals surface area contributed by atoms with E-state index in [0.717, 1.165) is 13.1 Å². The Bertz CT molecular complexity index is 676. The van der Waals surface area contributed by atoms with Gasteiger partial charge in [0.25, 0.3) is 0 Å². The van der Waals surface area contributed by atoms with Crippen LogP contribution in [0.4, 0.5) is 22.0 Å². The zero-order chi connectivity index (χ0) is 13.7. The Balaban J connectivity index is 2.91. The van der Waals surface area contributed by atoms with Gasteiger partial charge in [0.1, 0.15) is 11.3 Å². The zero-order valence-corrected chi connectivity index (χ0v) is 8.94. The summed E-state index contributed by atoms with van der Waals surface area (Å²) in [4.78, 5) is 3.13. The van der Waals surface area contributed by atoms with E-state index in [2.05, 4.69) is 4.98 Å². The van der Waals surface area contributed by atoms with E-state index >= 15 is 0 Å². The lowest BCUT2D eigenvalue weighted by atomic mass is 10.2. The molecule has 2 aromatic rings. The number of aromatic nitrogens is 2. The number of aryl methyl sites for hydroxylation is 1. The predicted octanol–water partition coefficient (Wildman–Crippen LogP) is 2.85. The van der Waals surface area contributed by atoms with Gasteiger partial charge in [-0.3, -0.25) is 0 Å². The van der Waals surface area contributed by atoms with E-state index in [0.29, 0.717) is 4.57 Å². The van der Waals surface area contributed by atoms with Gasteiger partial charge >= 0.3 is 6.18 Å². The molecule has 0 bridgehead atoms. The fourth-order valence-corrected chi connectivity index (χ4v) is 1.64. The SMILES string of the molecule is C#Cc1c(F)cc2c(nc(C(F)(F)F)n2C)c1F. The number of benzene rings is 1. The van der Waals surface area contributed by atoms with E-state index in [4.69, 9.17) is 6.42 Å². The van der Waals surface area contributed by atoms with Gasteiger partial charge in [0.2, 0.25) is 5.82 Å². The molecule has 0 fully saturated rings. The third-order valence-electron chi connectivity index (χ3n) is 2.47.